The minimum absolute atomic E-state index is 0.0869. The number of hydrazine groups is 1. The standard InChI is InChI=1S/C22H25N5O4S/c1-4-27-19(13-15-10-11-17(30-2)18(12-15)31-3)23-26-22(27)32-14-20(28)24-25-21(29)16-8-6-5-7-9-16/h5-12H,4,13-14H2,1-3H3,(H,24,28)(H,25,29). The Bertz CT molecular complexity index is 1070. The Hall–Kier alpha value is -3.53. The highest BCUT2D eigenvalue weighted by molar-refractivity contribution is 7.99. The number of aromatic nitrogens is 3. The number of rotatable bonds is 9. The molecule has 0 aliphatic heterocycles. The van der Waals surface area contributed by atoms with Crippen LogP contribution in [0.25, 0.3) is 0 Å². The van der Waals surface area contributed by atoms with Crippen molar-refractivity contribution in [2.45, 2.75) is 25.0 Å². The highest BCUT2D eigenvalue weighted by Crippen LogP contribution is 2.28. The Balaban J connectivity index is 1.58. The molecule has 1 aromatic heterocycles. The number of nitrogens with one attached hydrogen (secondary N) is 2. The first-order chi connectivity index (χ1) is 15.5. The van der Waals surface area contributed by atoms with Gasteiger partial charge in [0.2, 0.25) is 5.91 Å². The molecule has 0 saturated carbocycles. The molecule has 0 spiro atoms. The number of hydrogen-bond donors (Lipinski definition) is 2. The lowest BCUT2D eigenvalue weighted by Gasteiger charge is -2.11. The molecule has 0 aliphatic rings. The van der Waals surface area contributed by atoms with E-state index < -0.39 is 0 Å². The summed E-state index contributed by atoms with van der Waals surface area (Å²) in [6.45, 7) is 2.65. The van der Waals surface area contributed by atoms with Crippen molar-refractivity contribution >= 4 is 23.6 Å². The lowest BCUT2D eigenvalue weighted by atomic mass is 10.1. The number of carbonyl (C=O) groups is 2. The monoisotopic (exact) mass is 455 g/mol. The molecule has 2 amide bonds. The van der Waals surface area contributed by atoms with Gasteiger partial charge in [-0.3, -0.25) is 20.4 Å². The quantitative estimate of drug-likeness (QED) is 0.377. The normalized spacial score (nSPS) is 10.5. The van der Waals surface area contributed by atoms with Crippen LogP contribution in [0.15, 0.2) is 53.7 Å². The van der Waals surface area contributed by atoms with Gasteiger partial charge >= 0.3 is 0 Å². The van der Waals surface area contributed by atoms with Gasteiger partial charge in [0.05, 0.1) is 20.0 Å². The topological polar surface area (TPSA) is 107 Å². The predicted molar refractivity (Wildman–Crippen MR) is 121 cm³/mol. The summed E-state index contributed by atoms with van der Waals surface area (Å²) in [5.74, 6) is 1.46. The van der Waals surface area contributed by atoms with E-state index in [0.717, 1.165) is 11.4 Å². The number of ether oxygens (including phenoxy) is 2. The van der Waals surface area contributed by atoms with Gasteiger partial charge in [0, 0.05) is 18.5 Å². The van der Waals surface area contributed by atoms with Gasteiger partial charge in [-0.2, -0.15) is 0 Å². The molecule has 168 valence electrons. The molecule has 0 saturated heterocycles. The number of amides is 2. The minimum Gasteiger partial charge on any atom is -0.493 e. The van der Waals surface area contributed by atoms with Crippen LogP contribution in [0.4, 0.5) is 0 Å². The average Bonchev–Trinajstić information content (AvgIpc) is 3.22. The van der Waals surface area contributed by atoms with Crippen LogP contribution in [-0.2, 0) is 17.8 Å². The third-order valence-electron chi connectivity index (χ3n) is 4.60. The Morgan fingerprint density at radius 2 is 1.75 bits per heavy atom. The summed E-state index contributed by atoms with van der Waals surface area (Å²) >= 11 is 1.25. The van der Waals surface area contributed by atoms with Gasteiger partial charge in [0.15, 0.2) is 16.7 Å². The summed E-state index contributed by atoms with van der Waals surface area (Å²) in [6.07, 6.45) is 0.557. The fraction of sp³-hybridized carbons (Fsp3) is 0.273. The van der Waals surface area contributed by atoms with E-state index in [1.165, 1.54) is 11.8 Å². The van der Waals surface area contributed by atoms with Crippen LogP contribution < -0.4 is 20.3 Å². The fourth-order valence-electron chi connectivity index (χ4n) is 3.00. The maximum Gasteiger partial charge on any atom is 0.269 e. The summed E-state index contributed by atoms with van der Waals surface area (Å²) in [5.41, 5.74) is 6.29. The Labute approximate surface area is 190 Å². The van der Waals surface area contributed by atoms with Gasteiger partial charge < -0.3 is 14.0 Å². The van der Waals surface area contributed by atoms with Gasteiger partial charge in [-0.15, -0.1) is 10.2 Å². The van der Waals surface area contributed by atoms with Crippen LogP contribution in [-0.4, -0.2) is 46.6 Å². The molecule has 0 aliphatic carbocycles. The summed E-state index contributed by atoms with van der Waals surface area (Å²) in [7, 11) is 3.19. The summed E-state index contributed by atoms with van der Waals surface area (Å²) in [4.78, 5) is 24.2. The van der Waals surface area contributed by atoms with Crippen molar-refractivity contribution in [2.75, 3.05) is 20.0 Å². The van der Waals surface area contributed by atoms with E-state index in [1.807, 2.05) is 35.8 Å². The van der Waals surface area contributed by atoms with Crippen LogP contribution in [0.5, 0.6) is 11.5 Å². The number of carbonyl (C=O) groups excluding carboxylic acids is 2. The van der Waals surface area contributed by atoms with Crippen LogP contribution in [0.2, 0.25) is 0 Å². The highest BCUT2D eigenvalue weighted by atomic mass is 32.2. The first kappa shape index (κ1) is 23.1. The first-order valence-corrected chi connectivity index (χ1v) is 10.9. The van der Waals surface area contributed by atoms with E-state index >= 15 is 0 Å². The van der Waals surface area contributed by atoms with E-state index in [0.29, 0.717) is 35.2 Å². The molecule has 0 radical (unpaired) electrons. The Morgan fingerprint density at radius 1 is 1.00 bits per heavy atom. The maximum absolute atomic E-state index is 12.2. The molecule has 0 fully saturated rings. The van der Waals surface area contributed by atoms with Gasteiger partial charge in [-0.25, -0.2) is 0 Å². The smallest absolute Gasteiger partial charge is 0.269 e. The molecular weight excluding hydrogens is 430 g/mol. The van der Waals surface area contributed by atoms with Crippen LogP contribution in [0, 0.1) is 0 Å². The molecular formula is C22H25N5O4S. The van der Waals surface area contributed by atoms with Crippen molar-refractivity contribution in [1.29, 1.82) is 0 Å². The summed E-state index contributed by atoms with van der Waals surface area (Å²) in [6, 6.07) is 14.4. The second kappa shape index (κ2) is 11.2. The molecule has 1 heterocycles. The zero-order valence-electron chi connectivity index (χ0n) is 18.1. The molecule has 3 aromatic rings. The lowest BCUT2D eigenvalue weighted by molar-refractivity contribution is -0.119. The number of hydrogen-bond acceptors (Lipinski definition) is 7. The molecule has 0 unspecified atom stereocenters. The number of nitrogens with zero attached hydrogens (tertiary/aromatic N) is 3. The largest absolute Gasteiger partial charge is 0.493 e. The van der Waals surface area contributed by atoms with E-state index in [-0.39, 0.29) is 17.6 Å². The predicted octanol–water partition coefficient (Wildman–Crippen LogP) is 2.46. The Kier molecular flexibility index (Phi) is 8.09. The van der Waals surface area contributed by atoms with Gasteiger partial charge in [0.25, 0.3) is 5.91 Å². The van der Waals surface area contributed by atoms with E-state index in [9.17, 15) is 9.59 Å². The van der Waals surface area contributed by atoms with Crippen molar-refractivity contribution in [2.24, 2.45) is 0 Å². The molecule has 32 heavy (non-hydrogen) atoms. The maximum atomic E-state index is 12.2. The zero-order valence-corrected chi connectivity index (χ0v) is 18.9. The molecule has 9 nitrogen and oxygen atoms in total. The summed E-state index contributed by atoms with van der Waals surface area (Å²) < 4.78 is 12.6. The minimum atomic E-state index is -0.377. The molecule has 2 aromatic carbocycles. The van der Waals surface area contributed by atoms with Crippen molar-refractivity contribution < 1.29 is 19.1 Å². The van der Waals surface area contributed by atoms with E-state index in [1.54, 1.807) is 38.5 Å². The van der Waals surface area contributed by atoms with E-state index in [4.69, 9.17) is 9.47 Å². The molecule has 10 heteroatoms. The second-order valence-electron chi connectivity index (χ2n) is 6.67. The third-order valence-corrected chi connectivity index (χ3v) is 5.57. The van der Waals surface area contributed by atoms with Gasteiger partial charge in [-0.1, -0.05) is 36.0 Å². The van der Waals surface area contributed by atoms with E-state index in [2.05, 4.69) is 21.0 Å². The SMILES string of the molecule is CCn1c(Cc2ccc(OC)c(OC)c2)nnc1SCC(=O)NNC(=O)c1ccccc1. The van der Waals surface area contributed by atoms with Crippen molar-refractivity contribution in [3.63, 3.8) is 0 Å². The fourth-order valence-corrected chi connectivity index (χ4v) is 3.82. The van der Waals surface area contributed by atoms with Crippen LogP contribution >= 0.6 is 11.8 Å². The first-order valence-electron chi connectivity index (χ1n) is 9.95. The number of thioether (sulfide) groups is 1. The molecule has 2 N–H and O–H groups in total. The lowest BCUT2D eigenvalue weighted by Crippen LogP contribution is -2.42. The van der Waals surface area contributed by atoms with Crippen LogP contribution in [0.3, 0.4) is 0 Å². The second-order valence-corrected chi connectivity index (χ2v) is 7.61. The van der Waals surface area contributed by atoms with Gasteiger partial charge in [-0.05, 0) is 36.8 Å². The Morgan fingerprint density at radius 3 is 2.44 bits per heavy atom. The number of methoxy groups -OCH3 is 2. The number of benzene rings is 2. The highest BCUT2D eigenvalue weighted by Gasteiger charge is 2.15. The zero-order chi connectivity index (χ0) is 22.9. The third kappa shape index (κ3) is 5.79. The van der Waals surface area contributed by atoms with Crippen molar-refractivity contribution in [3.8, 4) is 11.5 Å². The van der Waals surface area contributed by atoms with Crippen LogP contribution in [0.1, 0.15) is 28.7 Å². The van der Waals surface area contributed by atoms with Gasteiger partial charge in [0.1, 0.15) is 5.82 Å². The molecule has 0 bridgehead atoms. The molecule has 3 rings (SSSR count). The average molecular weight is 456 g/mol. The van der Waals surface area contributed by atoms with Crippen molar-refractivity contribution in [1.82, 2.24) is 25.6 Å². The van der Waals surface area contributed by atoms with Crippen molar-refractivity contribution in [3.05, 3.63) is 65.5 Å². The summed E-state index contributed by atoms with van der Waals surface area (Å²) in [5, 5.41) is 9.15. The molecule has 0 atom stereocenters.